The first kappa shape index (κ1) is 19.9. The highest BCUT2D eigenvalue weighted by Crippen LogP contribution is 2.30. The van der Waals surface area contributed by atoms with E-state index in [1.807, 2.05) is 37.3 Å². The molecule has 30 heavy (non-hydrogen) atoms. The number of nitrogens with zero attached hydrogens (tertiary/aromatic N) is 2. The Morgan fingerprint density at radius 3 is 2.50 bits per heavy atom. The van der Waals surface area contributed by atoms with Crippen molar-refractivity contribution in [3.8, 4) is 16.8 Å². The fourth-order valence-electron chi connectivity index (χ4n) is 4.06. The zero-order chi connectivity index (χ0) is 21.1. The van der Waals surface area contributed by atoms with Crippen LogP contribution in [0.2, 0.25) is 0 Å². The molecule has 0 saturated heterocycles. The molecule has 0 fully saturated rings. The highest BCUT2D eigenvalue weighted by Gasteiger charge is 2.16. The van der Waals surface area contributed by atoms with Crippen LogP contribution in [-0.2, 0) is 6.42 Å². The summed E-state index contributed by atoms with van der Waals surface area (Å²) >= 11 is 0. The Bertz CT molecular complexity index is 1210. The number of carboxylic acids is 1. The van der Waals surface area contributed by atoms with E-state index in [1.165, 1.54) is 12.8 Å². The molecule has 4 rings (SSSR count). The van der Waals surface area contributed by atoms with Gasteiger partial charge in [-0.1, -0.05) is 56.2 Å². The minimum Gasteiger partial charge on any atom is -0.478 e. The van der Waals surface area contributed by atoms with E-state index in [0.29, 0.717) is 5.56 Å². The molecule has 1 heterocycles. The molecule has 1 aromatic heterocycles. The summed E-state index contributed by atoms with van der Waals surface area (Å²) in [5, 5.41) is 9.57. The van der Waals surface area contributed by atoms with Gasteiger partial charge < -0.3 is 5.11 Å². The average Bonchev–Trinajstić information content (AvgIpc) is 3.12. The summed E-state index contributed by atoms with van der Waals surface area (Å²) in [6.07, 6.45) is 4.41. The molecule has 0 spiro atoms. The van der Waals surface area contributed by atoms with E-state index in [4.69, 9.17) is 4.98 Å². The molecule has 0 atom stereocenters. The van der Waals surface area contributed by atoms with Gasteiger partial charge in [0.15, 0.2) is 0 Å². The van der Waals surface area contributed by atoms with E-state index < -0.39 is 5.97 Å². The molecule has 152 valence electrons. The number of fused-ring (bicyclic) bond motifs is 1. The van der Waals surface area contributed by atoms with E-state index in [0.717, 1.165) is 52.1 Å². The number of aryl methyl sites for hydroxylation is 2. The number of aromatic carboxylic acids is 1. The third-order valence-corrected chi connectivity index (χ3v) is 5.55. The van der Waals surface area contributed by atoms with Crippen LogP contribution in [0.4, 0.5) is 0 Å². The molecule has 4 heteroatoms. The van der Waals surface area contributed by atoms with E-state index in [1.54, 1.807) is 12.1 Å². The van der Waals surface area contributed by atoms with Gasteiger partial charge in [-0.15, -0.1) is 0 Å². The van der Waals surface area contributed by atoms with Gasteiger partial charge in [-0.05, 0) is 60.4 Å². The van der Waals surface area contributed by atoms with E-state index in [-0.39, 0.29) is 0 Å². The smallest absolute Gasteiger partial charge is 0.336 e. The van der Waals surface area contributed by atoms with Crippen molar-refractivity contribution < 1.29 is 9.90 Å². The second-order valence-electron chi connectivity index (χ2n) is 7.66. The second-order valence-corrected chi connectivity index (χ2v) is 7.66. The molecule has 0 aliphatic rings. The summed E-state index contributed by atoms with van der Waals surface area (Å²) in [7, 11) is 0. The maximum absolute atomic E-state index is 11.7. The largest absolute Gasteiger partial charge is 0.478 e. The Morgan fingerprint density at radius 1 is 0.967 bits per heavy atom. The first-order valence-corrected chi connectivity index (χ1v) is 10.5. The first-order chi connectivity index (χ1) is 14.6. The summed E-state index contributed by atoms with van der Waals surface area (Å²) < 4.78 is 2.24. The minimum atomic E-state index is -0.909. The van der Waals surface area contributed by atoms with Gasteiger partial charge in [0.05, 0.1) is 16.6 Å². The van der Waals surface area contributed by atoms with Crippen LogP contribution in [0.15, 0.2) is 66.7 Å². The fourth-order valence-corrected chi connectivity index (χ4v) is 4.06. The van der Waals surface area contributed by atoms with Crippen molar-refractivity contribution >= 4 is 17.0 Å². The molecule has 0 saturated carbocycles. The lowest BCUT2D eigenvalue weighted by atomic mass is 9.95. The lowest BCUT2D eigenvalue weighted by molar-refractivity contribution is 0.0697. The summed E-state index contributed by atoms with van der Waals surface area (Å²) in [5.74, 6) is 0.163. The molecule has 0 aliphatic heterocycles. The fraction of sp³-hybridized carbons (Fsp3) is 0.231. The van der Waals surface area contributed by atoms with Crippen LogP contribution in [0.1, 0.15) is 47.9 Å². The zero-order valence-corrected chi connectivity index (χ0v) is 17.4. The van der Waals surface area contributed by atoms with Crippen LogP contribution in [0.25, 0.3) is 27.8 Å². The molecule has 4 aromatic rings. The molecule has 0 radical (unpaired) electrons. The minimum absolute atomic E-state index is 0.321. The number of imidazole rings is 1. The van der Waals surface area contributed by atoms with E-state index in [9.17, 15) is 9.90 Å². The SMILES string of the molecule is CCCCCc1nc2ccccc2n1-c1ccc(-c2ccccc2C(=O)O)c(C)c1. The summed E-state index contributed by atoms with van der Waals surface area (Å²) in [4.78, 5) is 16.6. The van der Waals surface area contributed by atoms with Gasteiger partial charge in [0.2, 0.25) is 0 Å². The Balaban J connectivity index is 1.81. The Hall–Kier alpha value is -3.40. The van der Waals surface area contributed by atoms with Crippen molar-refractivity contribution in [2.75, 3.05) is 0 Å². The van der Waals surface area contributed by atoms with Crippen LogP contribution in [0.5, 0.6) is 0 Å². The second kappa shape index (κ2) is 8.54. The van der Waals surface area contributed by atoms with Crippen molar-refractivity contribution in [3.05, 3.63) is 83.7 Å². The van der Waals surface area contributed by atoms with Gasteiger partial charge in [0.25, 0.3) is 0 Å². The zero-order valence-electron chi connectivity index (χ0n) is 17.4. The predicted molar refractivity (Wildman–Crippen MR) is 121 cm³/mol. The normalized spacial score (nSPS) is 11.1. The van der Waals surface area contributed by atoms with Gasteiger partial charge in [-0.2, -0.15) is 0 Å². The maximum Gasteiger partial charge on any atom is 0.336 e. The highest BCUT2D eigenvalue weighted by molar-refractivity contribution is 5.96. The summed E-state index contributed by atoms with van der Waals surface area (Å²) in [5.41, 5.74) is 6.20. The van der Waals surface area contributed by atoms with Crippen LogP contribution in [-0.4, -0.2) is 20.6 Å². The van der Waals surface area contributed by atoms with Crippen LogP contribution in [0.3, 0.4) is 0 Å². The van der Waals surface area contributed by atoms with Crippen molar-refractivity contribution in [2.24, 2.45) is 0 Å². The van der Waals surface area contributed by atoms with Crippen LogP contribution < -0.4 is 0 Å². The number of hydrogen-bond acceptors (Lipinski definition) is 2. The maximum atomic E-state index is 11.7. The quantitative estimate of drug-likeness (QED) is 0.365. The van der Waals surface area contributed by atoms with Gasteiger partial charge in [-0.3, -0.25) is 4.57 Å². The number of carbonyl (C=O) groups is 1. The molecule has 0 amide bonds. The molecule has 0 bridgehead atoms. The molecule has 4 nitrogen and oxygen atoms in total. The standard InChI is InChI=1S/C26H26N2O2/c1-3-4-5-14-25-27-23-12-8-9-13-24(23)28(25)19-15-16-20(18(2)17-19)21-10-6-7-11-22(21)26(29)30/h6-13,15-17H,3-5,14H2,1-2H3,(H,29,30). The lowest BCUT2D eigenvalue weighted by Gasteiger charge is -2.14. The van der Waals surface area contributed by atoms with Crippen molar-refractivity contribution in [1.82, 2.24) is 9.55 Å². The molecule has 0 unspecified atom stereocenters. The first-order valence-electron chi connectivity index (χ1n) is 10.5. The number of hydrogen-bond donors (Lipinski definition) is 1. The lowest BCUT2D eigenvalue weighted by Crippen LogP contribution is -2.03. The Morgan fingerprint density at radius 2 is 1.73 bits per heavy atom. The van der Waals surface area contributed by atoms with Crippen molar-refractivity contribution in [2.45, 2.75) is 39.5 Å². The molecular formula is C26H26N2O2. The predicted octanol–water partition coefficient (Wildman–Crippen LogP) is 6.43. The third-order valence-electron chi connectivity index (χ3n) is 5.55. The molecule has 3 aromatic carbocycles. The van der Waals surface area contributed by atoms with Gasteiger partial charge in [0.1, 0.15) is 5.82 Å². The summed E-state index contributed by atoms with van der Waals surface area (Å²) in [6, 6.07) is 21.6. The Kier molecular flexibility index (Phi) is 5.66. The van der Waals surface area contributed by atoms with E-state index in [2.05, 4.69) is 35.8 Å². The molecule has 0 aliphatic carbocycles. The molecule has 1 N–H and O–H groups in total. The van der Waals surface area contributed by atoms with Crippen LogP contribution >= 0.6 is 0 Å². The number of para-hydroxylation sites is 2. The number of benzene rings is 3. The Labute approximate surface area is 176 Å². The van der Waals surface area contributed by atoms with Crippen molar-refractivity contribution in [3.63, 3.8) is 0 Å². The number of aromatic nitrogens is 2. The molecular weight excluding hydrogens is 372 g/mol. The van der Waals surface area contributed by atoms with Gasteiger partial charge >= 0.3 is 5.97 Å². The van der Waals surface area contributed by atoms with Crippen molar-refractivity contribution in [1.29, 1.82) is 0 Å². The number of carboxylic acid groups (broad SMARTS) is 1. The highest BCUT2D eigenvalue weighted by atomic mass is 16.4. The summed E-state index contributed by atoms with van der Waals surface area (Å²) in [6.45, 7) is 4.24. The van der Waals surface area contributed by atoms with Crippen LogP contribution in [0, 0.1) is 6.92 Å². The monoisotopic (exact) mass is 398 g/mol. The third kappa shape index (κ3) is 3.73. The topological polar surface area (TPSA) is 55.1 Å². The van der Waals surface area contributed by atoms with E-state index >= 15 is 0 Å². The van der Waals surface area contributed by atoms with Gasteiger partial charge in [-0.25, -0.2) is 9.78 Å². The average molecular weight is 399 g/mol. The number of rotatable bonds is 7. The number of unbranched alkanes of at least 4 members (excludes halogenated alkanes) is 2. The van der Waals surface area contributed by atoms with Gasteiger partial charge in [0, 0.05) is 12.1 Å².